The zero-order valence-electron chi connectivity index (χ0n) is 14.8. The standard InChI is InChI=1S/C19H23N3O4/c1-24-19-20-10-7-17(21-19)26-16-8-11-22(12-9-16)18(23)14-25-13-15-5-3-2-4-6-15/h2-7,10,16H,8-9,11-14H2,1H3. The smallest absolute Gasteiger partial charge is 0.319 e. The lowest BCUT2D eigenvalue weighted by atomic mass is 10.1. The molecule has 7 heteroatoms. The van der Waals surface area contributed by atoms with Crippen LogP contribution in [0, 0.1) is 0 Å². The van der Waals surface area contributed by atoms with Crippen molar-refractivity contribution in [2.24, 2.45) is 0 Å². The molecular formula is C19H23N3O4. The zero-order valence-corrected chi connectivity index (χ0v) is 14.8. The fourth-order valence-corrected chi connectivity index (χ4v) is 2.80. The minimum atomic E-state index is 0.0167. The summed E-state index contributed by atoms with van der Waals surface area (Å²) in [6.45, 7) is 1.85. The number of rotatable bonds is 7. The third-order valence-electron chi connectivity index (χ3n) is 4.21. The highest BCUT2D eigenvalue weighted by Gasteiger charge is 2.24. The monoisotopic (exact) mass is 357 g/mol. The molecule has 0 radical (unpaired) electrons. The summed E-state index contributed by atoms with van der Waals surface area (Å²) in [5.41, 5.74) is 1.06. The number of benzene rings is 1. The van der Waals surface area contributed by atoms with Gasteiger partial charge in [-0.1, -0.05) is 30.3 Å². The Kier molecular flexibility index (Phi) is 6.38. The molecule has 138 valence electrons. The maximum atomic E-state index is 12.3. The number of methoxy groups -OCH3 is 1. The molecule has 26 heavy (non-hydrogen) atoms. The SMILES string of the molecule is COc1nccc(OC2CCN(C(=O)COCc3ccccc3)CC2)n1. The highest BCUT2D eigenvalue weighted by atomic mass is 16.5. The molecule has 0 N–H and O–H groups in total. The second-order valence-electron chi connectivity index (χ2n) is 6.06. The minimum absolute atomic E-state index is 0.0167. The molecule has 0 aliphatic carbocycles. The first kappa shape index (κ1) is 18.1. The van der Waals surface area contributed by atoms with Crippen LogP contribution >= 0.6 is 0 Å². The summed E-state index contributed by atoms with van der Waals surface area (Å²) >= 11 is 0. The number of ether oxygens (including phenoxy) is 3. The van der Waals surface area contributed by atoms with Crippen molar-refractivity contribution in [2.45, 2.75) is 25.6 Å². The molecule has 1 aliphatic rings. The van der Waals surface area contributed by atoms with Crippen LogP contribution in [0.4, 0.5) is 0 Å². The van der Waals surface area contributed by atoms with Crippen molar-refractivity contribution in [3.63, 3.8) is 0 Å². The number of carbonyl (C=O) groups excluding carboxylic acids is 1. The predicted molar refractivity (Wildman–Crippen MR) is 94.9 cm³/mol. The molecule has 2 heterocycles. The molecule has 1 aromatic carbocycles. The van der Waals surface area contributed by atoms with Gasteiger partial charge >= 0.3 is 6.01 Å². The van der Waals surface area contributed by atoms with Crippen LogP contribution in [-0.4, -0.2) is 53.7 Å². The first-order valence-corrected chi connectivity index (χ1v) is 8.68. The van der Waals surface area contributed by atoms with E-state index in [0.717, 1.165) is 18.4 Å². The van der Waals surface area contributed by atoms with Crippen LogP contribution in [0.15, 0.2) is 42.6 Å². The molecule has 1 fully saturated rings. The quantitative estimate of drug-likeness (QED) is 0.755. The lowest BCUT2D eigenvalue weighted by molar-refractivity contribution is -0.138. The number of carbonyl (C=O) groups is 1. The minimum Gasteiger partial charge on any atom is -0.474 e. The molecule has 1 aliphatic heterocycles. The van der Waals surface area contributed by atoms with E-state index in [0.29, 0.717) is 25.6 Å². The molecule has 7 nitrogen and oxygen atoms in total. The molecule has 1 amide bonds. The molecule has 3 rings (SSSR count). The van der Waals surface area contributed by atoms with Crippen LogP contribution in [0.25, 0.3) is 0 Å². The topological polar surface area (TPSA) is 73.8 Å². The van der Waals surface area contributed by atoms with Crippen LogP contribution in [0.1, 0.15) is 18.4 Å². The Morgan fingerprint density at radius 2 is 1.96 bits per heavy atom. The van der Waals surface area contributed by atoms with Gasteiger partial charge in [-0.05, 0) is 5.56 Å². The van der Waals surface area contributed by atoms with Gasteiger partial charge in [0.2, 0.25) is 11.8 Å². The van der Waals surface area contributed by atoms with Crippen LogP contribution in [0.3, 0.4) is 0 Å². The number of amides is 1. The summed E-state index contributed by atoms with van der Waals surface area (Å²) in [6.07, 6.45) is 3.15. The fraction of sp³-hybridized carbons (Fsp3) is 0.421. The maximum absolute atomic E-state index is 12.3. The largest absolute Gasteiger partial charge is 0.474 e. The van der Waals surface area contributed by atoms with Crippen LogP contribution < -0.4 is 9.47 Å². The van der Waals surface area contributed by atoms with Gasteiger partial charge in [-0.3, -0.25) is 4.79 Å². The molecule has 0 unspecified atom stereocenters. The number of hydrogen-bond acceptors (Lipinski definition) is 6. The highest BCUT2D eigenvalue weighted by Crippen LogP contribution is 2.18. The molecule has 2 aromatic rings. The van der Waals surface area contributed by atoms with E-state index in [9.17, 15) is 4.79 Å². The highest BCUT2D eigenvalue weighted by molar-refractivity contribution is 5.77. The molecule has 1 aromatic heterocycles. The molecule has 1 saturated heterocycles. The van der Waals surface area contributed by atoms with Gasteiger partial charge in [-0.25, -0.2) is 4.98 Å². The van der Waals surface area contributed by atoms with Gasteiger partial charge in [0.05, 0.1) is 13.7 Å². The third-order valence-corrected chi connectivity index (χ3v) is 4.21. The summed E-state index contributed by atoms with van der Waals surface area (Å²) in [6, 6.07) is 11.8. The van der Waals surface area contributed by atoms with Crippen molar-refractivity contribution in [1.29, 1.82) is 0 Å². The summed E-state index contributed by atoms with van der Waals surface area (Å²) in [4.78, 5) is 22.2. The Labute approximate surface area is 152 Å². The second kappa shape index (κ2) is 9.15. The van der Waals surface area contributed by atoms with Crippen molar-refractivity contribution < 1.29 is 19.0 Å². The Morgan fingerprint density at radius 1 is 1.19 bits per heavy atom. The number of nitrogens with zero attached hydrogens (tertiary/aromatic N) is 3. The van der Waals surface area contributed by atoms with E-state index >= 15 is 0 Å². The fourth-order valence-electron chi connectivity index (χ4n) is 2.80. The van der Waals surface area contributed by atoms with E-state index in [1.54, 1.807) is 12.3 Å². The van der Waals surface area contributed by atoms with Gasteiger partial charge in [-0.15, -0.1) is 0 Å². The van der Waals surface area contributed by atoms with E-state index in [2.05, 4.69) is 9.97 Å². The van der Waals surface area contributed by atoms with E-state index in [-0.39, 0.29) is 24.6 Å². The predicted octanol–water partition coefficient (Wildman–Crippen LogP) is 2.07. The van der Waals surface area contributed by atoms with Gasteiger partial charge < -0.3 is 19.1 Å². The molecule has 0 bridgehead atoms. The Hall–Kier alpha value is -2.67. The van der Waals surface area contributed by atoms with Crippen LogP contribution in [0.2, 0.25) is 0 Å². The average Bonchev–Trinajstić information content (AvgIpc) is 2.69. The number of aromatic nitrogens is 2. The summed E-state index contributed by atoms with van der Waals surface area (Å²) in [5.74, 6) is 0.510. The molecular weight excluding hydrogens is 334 g/mol. The maximum Gasteiger partial charge on any atom is 0.319 e. The molecule has 0 spiro atoms. The van der Waals surface area contributed by atoms with Gasteiger partial charge in [0, 0.05) is 38.2 Å². The van der Waals surface area contributed by atoms with E-state index < -0.39 is 0 Å². The Balaban J connectivity index is 1.39. The Morgan fingerprint density at radius 3 is 2.69 bits per heavy atom. The van der Waals surface area contributed by atoms with Crippen molar-refractivity contribution in [2.75, 3.05) is 26.8 Å². The summed E-state index contributed by atoms with van der Waals surface area (Å²) in [7, 11) is 1.52. The van der Waals surface area contributed by atoms with Gasteiger partial charge in [0.1, 0.15) is 12.7 Å². The van der Waals surface area contributed by atoms with E-state index in [1.807, 2.05) is 35.2 Å². The van der Waals surface area contributed by atoms with Crippen molar-refractivity contribution in [3.8, 4) is 11.9 Å². The average molecular weight is 357 g/mol. The van der Waals surface area contributed by atoms with Gasteiger partial charge in [-0.2, -0.15) is 4.98 Å². The number of piperidine rings is 1. The van der Waals surface area contributed by atoms with Gasteiger partial charge in [0.15, 0.2) is 0 Å². The zero-order chi connectivity index (χ0) is 18.2. The lowest BCUT2D eigenvalue weighted by Gasteiger charge is -2.31. The van der Waals surface area contributed by atoms with Crippen molar-refractivity contribution in [3.05, 3.63) is 48.2 Å². The molecule has 0 atom stereocenters. The Bertz CT molecular complexity index is 703. The lowest BCUT2D eigenvalue weighted by Crippen LogP contribution is -2.43. The first-order chi connectivity index (χ1) is 12.7. The normalized spacial score (nSPS) is 14.9. The third kappa shape index (κ3) is 5.16. The number of likely N-dealkylation sites (tertiary alicyclic amines) is 1. The molecule has 0 saturated carbocycles. The summed E-state index contributed by atoms with van der Waals surface area (Å²) in [5, 5.41) is 0. The van der Waals surface area contributed by atoms with E-state index in [1.165, 1.54) is 7.11 Å². The first-order valence-electron chi connectivity index (χ1n) is 8.68. The van der Waals surface area contributed by atoms with E-state index in [4.69, 9.17) is 14.2 Å². The van der Waals surface area contributed by atoms with Crippen molar-refractivity contribution in [1.82, 2.24) is 14.9 Å². The van der Waals surface area contributed by atoms with Crippen LogP contribution in [0.5, 0.6) is 11.9 Å². The van der Waals surface area contributed by atoms with Crippen molar-refractivity contribution >= 4 is 5.91 Å². The number of hydrogen-bond donors (Lipinski definition) is 0. The summed E-state index contributed by atoms with van der Waals surface area (Å²) < 4.78 is 16.4. The van der Waals surface area contributed by atoms with Crippen LogP contribution in [-0.2, 0) is 16.1 Å². The van der Waals surface area contributed by atoms with Gasteiger partial charge in [0.25, 0.3) is 0 Å². The second-order valence-corrected chi connectivity index (χ2v) is 6.06.